The van der Waals surface area contributed by atoms with Gasteiger partial charge in [0.1, 0.15) is 0 Å². The molecule has 0 N–H and O–H groups in total. The van der Waals surface area contributed by atoms with Crippen LogP contribution >= 0.6 is 0 Å². The molecule has 2 rings (SSSR count). The second-order valence-corrected chi connectivity index (χ2v) is 4.91. The van der Waals surface area contributed by atoms with Gasteiger partial charge in [-0.2, -0.15) is 0 Å². The van der Waals surface area contributed by atoms with Crippen LogP contribution in [0.25, 0.3) is 0 Å². The highest BCUT2D eigenvalue weighted by Gasteiger charge is 2.20. The van der Waals surface area contributed by atoms with Crippen LogP contribution in [-0.4, -0.2) is 31.3 Å². The fraction of sp³-hybridized carbons (Fsp3) is 0.500. The zero-order chi connectivity index (χ0) is 11.5. The van der Waals surface area contributed by atoms with Crippen molar-refractivity contribution in [2.45, 2.75) is 25.2 Å². The average Bonchev–Trinajstić information content (AvgIpc) is 2.14. The molecule has 16 heavy (non-hydrogen) atoms. The number of ketones is 1. The summed E-state index contributed by atoms with van der Waals surface area (Å²) in [6.45, 7) is 0.494. The Morgan fingerprint density at radius 2 is 2.12 bits per heavy atom. The molecule has 0 bridgehead atoms. The molecule has 0 amide bonds. The third kappa shape index (κ3) is 2.50. The molecule has 0 saturated heterocycles. The molecular formula is C14H19NO. The van der Waals surface area contributed by atoms with Gasteiger partial charge in [-0.1, -0.05) is 24.6 Å². The van der Waals surface area contributed by atoms with E-state index in [9.17, 15) is 4.79 Å². The van der Waals surface area contributed by atoms with Gasteiger partial charge in [-0.15, -0.1) is 0 Å². The molecular weight excluding hydrogens is 198 g/mol. The van der Waals surface area contributed by atoms with Gasteiger partial charge in [0.15, 0.2) is 5.78 Å². The average molecular weight is 217 g/mol. The van der Waals surface area contributed by atoms with Crippen LogP contribution < -0.4 is 0 Å². The molecule has 2 nitrogen and oxygen atoms in total. The number of carbonyl (C=O) groups excluding carboxylic acids is 1. The third-order valence-corrected chi connectivity index (χ3v) is 3.25. The molecule has 1 fully saturated rings. The second-order valence-electron chi connectivity index (χ2n) is 4.91. The lowest BCUT2D eigenvalue weighted by Crippen LogP contribution is -2.22. The number of hydrogen-bond donors (Lipinski definition) is 0. The van der Waals surface area contributed by atoms with E-state index in [-0.39, 0.29) is 5.78 Å². The summed E-state index contributed by atoms with van der Waals surface area (Å²) >= 11 is 0. The Bertz CT molecular complexity index is 380. The van der Waals surface area contributed by atoms with Crippen LogP contribution in [0.4, 0.5) is 0 Å². The van der Waals surface area contributed by atoms with E-state index >= 15 is 0 Å². The summed E-state index contributed by atoms with van der Waals surface area (Å²) in [7, 11) is 3.85. The lowest BCUT2D eigenvalue weighted by Gasteiger charge is -2.26. The van der Waals surface area contributed by atoms with E-state index in [0.717, 1.165) is 5.56 Å². The fourth-order valence-corrected chi connectivity index (χ4v) is 2.09. The molecule has 2 heteroatoms. The fourth-order valence-electron chi connectivity index (χ4n) is 2.09. The topological polar surface area (TPSA) is 20.3 Å². The predicted molar refractivity (Wildman–Crippen MR) is 65.9 cm³/mol. The molecule has 1 aliphatic carbocycles. The van der Waals surface area contributed by atoms with Crippen LogP contribution in [0, 0.1) is 0 Å². The Morgan fingerprint density at radius 1 is 1.38 bits per heavy atom. The van der Waals surface area contributed by atoms with Gasteiger partial charge in [0.25, 0.3) is 0 Å². The molecule has 1 saturated carbocycles. The van der Waals surface area contributed by atoms with Crippen molar-refractivity contribution in [1.29, 1.82) is 0 Å². The Balaban J connectivity index is 2.11. The molecule has 0 heterocycles. The Labute approximate surface area is 97.3 Å². The first kappa shape index (κ1) is 11.3. The standard InChI is InChI=1S/C14H19NO/c1-15(2)10-14(16)13-8-4-7-12(9-13)11-5-3-6-11/h4,7-9,11H,3,5-6,10H2,1-2H3. The Hall–Kier alpha value is -1.15. The summed E-state index contributed by atoms with van der Waals surface area (Å²) in [6.07, 6.45) is 3.90. The van der Waals surface area contributed by atoms with Gasteiger partial charge in [-0.05, 0) is 44.5 Å². The van der Waals surface area contributed by atoms with E-state index in [1.165, 1.54) is 24.8 Å². The zero-order valence-corrected chi connectivity index (χ0v) is 10.1. The highest BCUT2D eigenvalue weighted by atomic mass is 16.1. The van der Waals surface area contributed by atoms with Gasteiger partial charge in [0, 0.05) is 5.56 Å². The van der Waals surface area contributed by atoms with Crippen LogP contribution in [-0.2, 0) is 0 Å². The molecule has 0 spiro atoms. The largest absolute Gasteiger partial charge is 0.302 e. The van der Waals surface area contributed by atoms with Crippen molar-refractivity contribution in [1.82, 2.24) is 4.90 Å². The molecule has 1 aromatic rings. The first-order valence-corrected chi connectivity index (χ1v) is 5.94. The van der Waals surface area contributed by atoms with E-state index in [1.54, 1.807) is 0 Å². The summed E-state index contributed by atoms with van der Waals surface area (Å²) in [5, 5.41) is 0. The van der Waals surface area contributed by atoms with Crippen LogP contribution in [0.2, 0.25) is 0 Å². The SMILES string of the molecule is CN(C)CC(=O)c1cccc(C2CCC2)c1. The van der Waals surface area contributed by atoms with E-state index in [2.05, 4.69) is 12.1 Å². The highest BCUT2D eigenvalue weighted by Crippen LogP contribution is 2.36. The quantitative estimate of drug-likeness (QED) is 0.723. The molecule has 0 aromatic heterocycles. The van der Waals surface area contributed by atoms with Crippen molar-refractivity contribution >= 4 is 5.78 Å². The van der Waals surface area contributed by atoms with Gasteiger partial charge >= 0.3 is 0 Å². The first-order chi connectivity index (χ1) is 7.66. The number of likely N-dealkylation sites (N-methyl/N-ethyl adjacent to an activating group) is 1. The van der Waals surface area contributed by atoms with Crippen LogP contribution in [0.5, 0.6) is 0 Å². The summed E-state index contributed by atoms with van der Waals surface area (Å²) in [5.74, 6) is 0.915. The number of Topliss-reactive ketones (excluding diaryl/α,β-unsaturated/α-hetero) is 1. The van der Waals surface area contributed by atoms with Crippen molar-refractivity contribution in [3.63, 3.8) is 0 Å². The summed E-state index contributed by atoms with van der Waals surface area (Å²) in [5.41, 5.74) is 2.20. The lowest BCUT2D eigenvalue weighted by molar-refractivity contribution is 0.0957. The minimum Gasteiger partial charge on any atom is -0.302 e. The summed E-state index contributed by atoms with van der Waals surface area (Å²) in [4.78, 5) is 13.8. The number of hydrogen-bond acceptors (Lipinski definition) is 2. The minimum absolute atomic E-state index is 0.214. The number of rotatable bonds is 4. The monoisotopic (exact) mass is 217 g/mol. The van der Waals surface area contributed by atoms with Gasteiger partial charge in [0.05, 0.1) is 6.54 Å². The van der Waals surface area contributed by atoms with Crippen molar-refractivity contribution < 1.29 is 4.79 Å². The van der Waals surface area contributed by atoms with E-state index in [4.69, 9.17) is 0 Å². The van der Waals surface area contributed by atoms with Crippen molar-refractivity contribution in [2.75, 3.05) is 20.6 Å². The smallest absolute Gasteiger partial charge is 0.176 e. The molecule has 0 radical (unpaired) electrons. The zero-order valence-electron chi connectivity index (χ0n) is 10.1. The minimum atomic E-state index is 0.214. The van der Waals surface area contributed by atoms with Crippen molar-refractivity contribution in [3.8, 4) is 0 Å². The molecule has 0 atom stereocenters. The Kier molecular flexibility index (Phi) is 3.39. The lowest BCUT2D eigenvalue weighted by atomic mass is 9.79. The van der Waals surface area contributed by atoms with E-state index < -0.39 is 0 Å². The first-order valence-electron chi connectivity index (χ1n) is 5.94. The summed E-state index contributed by atoms with van der Waals surface area (Å²) in [6, 6.07) is 8.16. The molecule has 86 valence electrons. The maximum Gasteiger partial charge on any atom is 0.176 e. The number of nitrogens with zero attached hydrogens (tertiary/aromatic N) is 1. The Morgan fingerprint density at radius 3 is 2.69 bits per heavy atom. The summed E-state index contributed by atoms with van der Waals surface area (Å²) < 4.78 is 0. The van der Waals surface area contributed by atoms with Gasteiger partial charge in [-0.25, -0.2) is 0 Å². The maximum atomic E-state index is 11.9. The van der Waals surface area contributed by atoms with Crippen LogP contribution in [0.15, 0.2) is 24.3 Å². The van der Waals surface area contributed by atoms with Crippen LogP contribution in [0.3, 0.4) is 0 Å². The molecule has 0 aliphatic heterocycles. The molecule has 1 aliphatic rings. The van der Waals surface area contributed by atoms with E-state index in [1.807, 2.05) is 31.1 Å². The van der Waals surface area contributed by atoms with E-state index in [0.29, 0.717) is 12.5 Å². The number of benzene rings is 1. The molecule has 1 aromatic carbocycles. The maximum absolute atomic E-state index is 11.9. The second kappa shape index (κ2) is 4.79. The highest BCUT2D eigenvalue weighted by molar-refractivity contribution is 5.97. The van der Waals surface area contributed by atoms with Gasteiger partial charge < -0.3 is 4.90 Å². The van der Waals surface area contributed by atoms with Crippen LogP contribution in [0.1, 0.15) is 41.1 Å². The predicted octanol–water partition coefficient (Wildman–Crippen LogP) is 2.70. The van der Waals surface area contributed by atoms with Crippen molar-refractivity contribution in [2.24, 2.45) is 0 Å². The van der Waals surface area contributed by atoms with Gasteiger partial charge in [-0.3, -0.25) is 4.79 Å². The third-order valence-electron chi connectivity index (χ3n) is 3.25. The number of carbonyl (C=O) groups is 1. The molecule has 0 unspecified atom stereocenters. The van der Waals surface area contributed by atoms with Gasteiger partial charge in [0.2, 0.25) is 0 Å². The van der Waals surface area contributed by atoms with Crippen molar-refractivity contribution in [3.05, 3.63) is 35.4 Å². The normalized spacial score (nSPS) is 16.2.